The van der Waals surface area contributed by atoms with Crippen molar-refractivity contribution < 1.29 is 0 Å². The van der Waals surface area contributed by atoms with E-state index in [0.717, 1.165) is 17.9 Å². The number of hydrogen-bond acceptors (Lipinski definition) is 2. The molecule has 0 aromatic carbocycles. The first-order chi connectivity index (χ1) is 9.15. The van der Waals surface area contributed by atoms with E-state index in [4.69, 9.17) is 0 Å². The van der Waals surface area contributed by atoms with E-state index in [1.54, 1.807) is 0 Å². The first-order valence-corrected chi connectivity index (χ1v) is 8.61. The van der Waals surface area contributed by atoms with Crippen molar-refractivity contribution in [3.8, 4) is 0 Å². The molecule has 2 heteroatoms. The Balaban J connectivity index is 2.35. The Morgan fingerprint density at radius 1 is 1.16 bits per heavy atom. The molecule has 114 valence electrons. The van der Waals surface area contributed by atoms with Crippen molar-refractivity contribution in [3.05, 3.63) is 0 Å². The standard InChI is InChI=1S/C17H36N2/c1-5-7-11-19-13-16(8-6-2)12-17(14-19)18-10-9-15(3)4/h15-18H,5-14H2,1-4H3. The predicted octanol–water partition coefficient (Wildman–Crippen LogP) is 3.91. The van der Waals surface area contributed by atoms with Crippen molar-refractivity contribution in [2.75, 3.05) is 26.2 Å². The lowest BCUT2D eigenvalue weighted by molar-refractivity contribution is 0.133. The molecule has 1 saturated heterocycles. The van der Waals surface area contributed by atoms with E-state index >= 15 is 0 Å². The number of likely N-dealkylation sites (tertiary alicyclic amines) is 1. The number of rotatable bonds is 9. The van der Waals surface area contributed by atoms with Gasteiger partial charge in [-0.05, 0) is 50.6 Å². The summed E-state index contributed by atoms with van der Waals surface area (Å²) in [6.45, 7) is 14.4. The Morgan fingerprint density at radius 2 is 1.95 bits per heavy atom. The van der Waals surface area contributed by atoms with Crippen LogP contribution in [0.2, 0.25) is 0 Å². The largest absolute Gasteiger partial charge is 0.313 e. The van der Waals surface area contributed by atoms with Gasteiger partial charge < -0.3 is 10.2 Å². The van der Waals surface area contributed by atoms with Crippen molar-refractivity contribution in [3.63, 3.8) is 0 Å². The second-order valence-corrected chi connectivity index (χ2v) is 6.84. The minimum Gasteiger partial charge on any atom is -0.313 e. The number of hydrogen-bond donors (Lipinski definition) is 1. The van der Waals surface area contributed by atoms with Crippen molar-refractivity contribution in [1.29, 1.82) is 0 Å². The SMILES string of the molecule is CCCCN1CC(CCC)CC(NCCC(C)C)C1. The topological polar surface area (TPSA) is 15.3 Å². The normalized spacial score (nSPS) is 25.1. The molecule has 1 fully saturated rings. The highest BCUT2D eigenvalue weighted by Crippen LogP contribution is 2.21. The van der Waals surface area contributed by atoms with Crippen LogP contribution in [0.25, 0.3) is 0 Å². The Bertz CT molecular complexity index is 215. The summed E-state index contributed by atoms with van der Waals surface area (Å²) in [4.78, 5) is 2.71. The molecule has 0 saturated carbocycles. The summed E-state index contributed by atoms with van der Waals surface area (Å²) in [6.07, 6.45) is 8.13. The first kappa shape index (κ1) is 17.0. The minimum atomic E-state index is 0.737. The molecule has 1 heterocycles. The second kappa shape index (κ2) is 9.77. The van der Waals surface area contributed by atoms with Gasteiger partial charge in [-0.2, -0.15) is 0 Å². The lowest BCUT2D eigenvalue weighted by Gasteiger charge is -2.38. The van der Waals surface area contributed by atoms with Gasteiger partial charge >= 0.3 is 0 Å². The molecule has 2 unspecified atom stereocenters. The highest BCUT2D eigenvalue weighted by Gasteiger charge is 2.25. The van der Waals surface area contributed by atoms with Crippen molar-refractivity contribution in [2.45, 2.75) is 72.3 Å². The van der Waals surface area contributed by atoms with Crippen LogP contribution in [0.1, 0.15) is 66.2 Å². The molecule has 0 aromatic rings. The zero-order valence-electron chi connectivity index (χ0n) is 13.8. The molecule has 2 atom stereocenters. The Kier molecular flexibility index (Phi) is 8.72. The van der Waals surface area contributed by atoms with E-state index in [1.807, 2.05) is 0 Å². The summed E-state index contributed by atoms with van der Waals surface area (Å²) in [5.41, 5.74) is 0. The molecule has 1 N–H and O–H groups in total. The van der Waals surface area contributed by atoms with Crippen LogP contribution < -0.4 is 5.32 Å². The van der Waals surface area contributed by atoms with Gasteiger partial charge in [0.2, 0.25) is 0 Å². The molecule has 19 heavy (non-hydrogen) atoms. The summed E-state index contributed by atoms with van der Waals surface area (Å²) in [5, 5.41) is 3.81. The van der Waals surface area contributed by atoms with Gasteiger partial charge in [-0.3, -0.25) is 0 Å². The van der Waals surface area contributed by atoms with Gasteiger partial charge in [0.15, 0.2) is 0 Å². The van der Waals surface area contributed by atoms with Crippen LogP contribution in [-0.4, -0.2) is 37.1 Å². The molecule has 0 aliphatic carbocycles. The molecule has 0 bridgehead atoms. The van der Waals surface area contributed by atoms with E-state index in [-0.39, 0.29) is 0 Å². The number of unbranched alkanes of at least 4 members (excludes halogenated alkanes) is 1. The van der Waals surface area contributed by atoms with Gasteiger partial charge in [0, 0.05) is 19.1 Å². The third-order valence-electron chi connectivity index (χ3n) is 4.29. The highest BCUT2D eigenvalue weighted by atomic mass is 15.2. The summed E-state index contributed by atoms with van der Waals surface area (Å²) in [5.74, 6) is 1.74. The molecule has 0 radical (unpaired) electrons. The van der Waals surface area contributed by atoms with E-state index in [9.17, 15) is 0 Å². The number of nitrogens with one attached hydrogen (secondary N) is 1. The van der Waals surface area contributed by atoms with Crippen LogP contribution in [0.3, 0.4) is 0 Å². The van der Waals surface area contributed by atoms with Gasteiger partial charge in [0.25, 0.3) is 0 Å². The lowest BCUT2D eigenvalue weighted by atomic mass is 9.90. The second-order valence-electron chi connectivity index (χ2n) is 6.84. The van der Waals surface area contributed by atoms with Crippen LogP contribution in [0, 0.1) is 11.8 Å². The highest BCUT2D eigenvalue weighted by molar-refractivity contribution is 4.83. The van der Waals surface area contributed by atoms with Crippen molar-refractivity contribution >= 4 is 0 Å². The van der Waals surface area contributed by atoms with Crippen LogP contribution >= 0.6 is 0 Å². The summed E-state index contributed by atoms with van der Waals surface area (Å²) in [7, 11) is 0. The van der Waals surface area contributed by atoms with Crippen LogP contribution in [0.4, 0.5) is 0 Å². The average Bonchev–Trinajstić information content (AvgIpc) is 2.36. The lowest BCUT2D eigenvalue weighted by Crippen LogP contribution is -2.49. The minimum absolute atomic E-state index is 0.737. The van der Waals surface area contributed by atoms with Crippen molar-refractivity contribution in [1.82, 2.24) is 10.2 Å². The fourth-order valence-corrected chi connectivity index (χ4v) is 3.21. The van der Waals surface area contributed by atoms with Crippen molar-refractivity contribution in [2.24, 2.45) is 11.8 Å². The molecule has 1 aliphatic heterocycles. The van der Waals surface area contributed by atoms with Crippen LogP contribution in [0.15, 0.2) is 0 Å². The first-order valence-electron chi connectivity index (χ1n) is 8.61. The Hall–Kier alpha value is -0.0800. The van der Waals surface area contributed by atoms with E-state index < -0.39 is 0 Å². The average molecular weight is 268 g/mol. The van der Waals surface area contributed by atoms with Crippen LogP contribution in [0.5, 0.6) is 0 Å². The number of nitrogens with zero attached hydrogens (tertiary/aromatic N) is 1. The van der Waals surface area contributed by atoms with E-state index in [1.165, 1.54) is 64.7 Å². The maximum Gasteiger partial charge on any atom is 0.0198 e. The fourth-order valence-electron chi connectivity index (χ4n) is 3.21. The molecule has 0 amide bonds. The molecule has 0 spiro atoms. The van der Waals surface area contributed by atoms with Gasteiger partial charge in [-0.1, -0.05) is 40.5 Å². The Labute approximate surface area is 121 Å². The molecule has 1 rings (SSSR count). The summed E-state index contributed by atoms with van der Waals surface area (Å²) in [6, 6.07) is 0.737. The molecule has 0 aromatic heterocycles. The third-order valence-corrected chi connectivity index (χ3v) is 4.29. The maximum absolute atomic E-state index is 3.81. The van der Waals surface area contributed by atoms with Gasteiger partial charge in [0.05, 0.1) is 0 Å². The quantitative estimate of drug-likeness (QED) is 0.682. The predicted molar refractivity (Wildman–Crippen MR) is 85.6 cm³/mol. The number of piperidine rings is 1. The zero-order valence-corrected chi connectivity index (χ0v) is 13.8. The summed E-state index contributed by atoms with van der Waals surface area (Å²) >= 11 is 0. The molecule has 1 aliphatic rings. The molecular weight excluding hydrogens is 232 g/mol. The smallest absolute Gasteiger partial charge is 0.0198 e. The fraction of sp³-hybridized carbons (Fsp3) is 1.00. The van der Waals surface area contributed by atoms with E-state index in [0.29, 0.717) is 0 Å². The summed E-state index contributed by atoms with van der Waals surface area (Å²) < 4.78 is 0. The zero-order chi connectivity index (χ0) is 14.1. The molecule has 2 nitrogen and oxygen atoms in total. The van der Waals surface area contributed by atoms with Gasteiger partial charge in [-0.25, -0.2) is 0 Å². The van der Waals surface area contributed by atoms with Gasteiger partial charge in [0.1, 0.15) is 0 Å². The Morgan fingerprint density at radius 3 is 2.58 bits per heavy atom. The monoisotopic (exact) mass is 268 g/mol. The van der Waals surface area contributed by atoms with Gasteiger partial charge in [-0.15, -0.1) is 0 Å². The van der Waals surface area contributed by atoms with E-state index in [2.05, 4.69) is 37.9 Å². The van der Waals surface area contributed by atoms with Crippen LogP contribution in [-0.2, 0) is 0 Å². The third kappa shape index (κ3) is 7.31. The molecular formula is C17H36N2. The maximum atomic E-state index is 3.81.